The maximum Gasteiger partial charge on any atom is 0.157 e. The van der Waals surface area contributed by atoms with E-state index in [-0.39, 0.29) is 0 Å². The van der Waals surface area contributed by atoms with E-state index in [2.05, 4.69) is 16.0 Å². The van der Waals surface area contributed by atoms with Gasteiger partial charge in [-0.2, -0.15) is 0 Å². The molecule has 1 unspecified atom stereocenters. The topological polar surface area (TPSA) is 46.0 Å². The SMILES string of the molecule is OC(C1=C/C(=C\CCc2ccccn2)C=C1)(c1ccccc1)c1ccccn1. The van der Waals surface area contributed by atoms with Crippen molar-refractivity contribution in [2.24, 2.45) is 0 Å². The minimum Gasteiger partial charge on any atom is -0.374 e. The van der Waals surface area contributed by atoms with E-state index in [1.807, 2.05) is 91.2 Å². The van der Waals surface area contributed by atoms with Crippen molar-refractivity contribution in [2.45, 2.75) is 18.4 Å². The van der Waals surface area contributed by atoms with Crippen molar-refractivity contribution in [1.82, 2.24) is 9.97 Å². The summed E-state index contributed by atoms with van der Waals surface area (Å²) < 4.78 is 0. The Labute approximate surface area is 165 Å². The van der Waals surface area contributed by atoms with Gasteiger partial charge < -0.3 is 5.11 Å². The summed E-state index contributed by atoms with van der Waals surface area (Å²) in [6, 6.07) is 21.3. The Bertz CT molecular complexity index is 967. The van der Waals surface area contributed by atoms with E-state index in [1.54, 1.807) is 6.20 Å². The molecule has 2 heterocycles. The number of hydrogen-bond acceptors (Lipinski definition) is 3. The molecule has 1 atom stereocenters. The molecule has 2 aromatic heterocycles. The summed E-state index contributed by atoms with van der Waals surface area (Å²) >= 11 is 0. The van der Waals surface area contributed by atoms with Gasteiger partial charge in [-0.05, 0) is 59.9 Å². The lowest BCUT2D eigenvalue weighted by Gasteiger charge is -2.29. The lowest BCUT2D eigenvalue weighted by atomic mass is 9.83. The molecule has 1 aliphatic carbocycles. The fourth-order valence-electron chi connectivity index (χ4n) is 3.47. The molecule has 1 aromatic carbocycles. The van der Waals surface area contributed by atoms with Gasteiger partial charge in [0.05, 0.1) is 5.69 Å². The second-order valence-electron chi connectivity index (χ2n) is 6.79. The summed E-state index contributed by atoms with van der Waals surface area (Å²) in [6.07, 6.45) is 13.6. The first-order valence-electron chi connectivity index (χ1n) is 9.46. The highest BCUT2D eigenvalue weighted by atomic mass is 16.3. The van der Waals surface area contributed by atoms with Gasteiger partial charge in [-0.3, -0.25) is 9.97 Å². The van der Waals surface area contributed by atoms with Crippen molar-refractivity contribution >= 4 is 0 Å². The van der Waals surface area contributed by atoms with Gasteiger partial charge >= 0.3 is 0 Å². The maximum atomic E-state index is 11.8. The van der Waals surface area contributed by atoms with Crippen LogP contribution < -0.4 is 0 Å². The summed E-state index contributed by atoms with van der Waals surface area (Å²) in [5.74, 6) is 0. The highest BCUT2D eigenvalue weighted by Gasteiger charge is 2.37. The van der Waals surface area contributed by atoms with Crippen LogP contribution >= 0.6 is 0 Å². The lowest BCUT2D eigenvalue weighted by Crippen LogP contribution is -2.30. The fourth-order valence-corrected chi connectivity index (χ4v) is 3.47. The highest BCUT2D eigenvalue weighted by molar-refractivity contribution is 5.55. The molecule has 0 aliphatic heterocycles. The van der Waals surface area contributed by atoms with Crippen molar-refractivity contribution in [3.8, 4) is 0 Å². The van der Waals surface area contributed by atoms with Crippen LogP contribution in [-0.4, -0.2) is 15.1 Å². The Morgan fingerprint density at radius 2 is 1.57 bits per heavy atom. The van der Waals surface area contributed by atoms with Gasteiger partial charge in [-0.25, -0.2) is 0 Å². The molecule has 0 bridgehead atoms. The van der Waals surface area contributed by atoms with Crippen LogP contribution in [0.25, 0.3) is 0 Å². The summed E-state index contributed by atoms with van der Waals surface area (Å²) in [5, 5.41) is 11.8. The summed E-state index contributed by atoms with van der Waals surface area (Å²) in [6.45, 7) is 0. The Morgan fingerprint density at radius 1 is 0.821 bits per heavy atom. The van der Waals surface area contributed by atoms with Crippen molar-refractivity contribution in [3.05, 3.63) is 132 Å². The Morgan fingerprint density at radius 3 is 2.29 bits per heavy atom. The quantitative estimate of drug-likeness (QED) is 0.684. The molecular weight excluding hydrogens is 344 g/mol. The van der Waals surface area contributed by atoms with Crippen LogP contribution in [0.2, 0.25) is 0 Å². The van der Waals surface area contributed by atoms with Crippen LogP contribution in [0.5, 0.6) is 0 Å². The van der Waals surface area contributed by atoms with Crippen LogP contribution in [-0.2, 0) is 12.0 Å². The van der Waals surface area contributed by atoms with Gasteiger partial charge in [-0.1, -0.05) is 60.7 Å². The van der Waals surface area contributed by atoms with Crippen LogP contribution in [0.1, 0.15) is 23.4 Å². The molecule has 1 aliphatic rings. The van der Waals surface area contributed by atoms with E-state index in [0.29, 0.717) is 5.69 Å². The molecule has 4 rings (SSSR count). The molecule has 0 radical (unpaired) electrons. The number of benzene rings is 1. The van der Waals surface area contributed by atoms with Crippen LogP contribution in [0.3, 0.4) is 0 Å². The van der Waals surface area contributed by atoms with Crippen LogP contribution in [0.4, 0.5) is 0 Å². The molecule has 28 heavy (non-hydrogen) atoms. The third-order valence-corrected chi connectivity index (χ3v) is 4.93. The van der Waals surface area contributed by atoms with Crippen molar-refractivity contribution < 1.29 is 5.11 Å². The van der Waals surface area contributed by atoms with E-state index in [1.165, 1.54) is 0 Å². The van der Waals surface area contributed by atoms with Gasteiger partial charge in [0.15, 0.2) is 5.60 Å². The Kier molecular flexibility index (Phi) is 5.27. The third-order valence-electron chi connectivity index (χ3n) is 4.93. The van der Waals surface area contributed by atoms with Gasteiger partial charge in [0, 0.05) is 18.1 Å². The van der Waals surface area contributed by atoms with Crippen LogP contribution in [0.15, 0.2) is 115 Å². The number of rotatable bonds is 6. The zero-order valence-electron chi connectivity index (χ0n) is 15.6. The molecule has 3 nitrogen and oxygen atoms in total. The smallest absolute Gasteiger partial charge is 0.157 e. The Hall–Kier alpha value is -3.30. The zero-order valence-corrected chi connectivity index (χ0v) is 15.6. The largest absolute Gasteiger partial charge is 0.374 e. The number of aliphatic hydroxyl groups is 1. The van der Waals surface area contributed by atoms with Gasteiger partial charge in [0.25, 0.3) is 0 Å². The summed E-state index contributed by atoms with van der Waals surface area (Å²) in [4.78, 5) is 8.81. The van der Waals surface area contributed by atoms with Gasteiger partial charge in [0.1, 0.15) is 0 Å². The molecule has 3 aromatic rings. The highest BCUT2D eigenvalue weighted by Crippen LogP contribution is 2.39. The minimum absolute atomic E-state index is 0.617. The third kappa shape index (κ3) is 3.71. The number of aromatic nitrogens is 2. The van der Waals surface area contributed by atoms with E-state index in [0.717, 1.165) is 35.2 Å². The number of nitrogens with zero attached hydrogens (tertiary/aromatic N) is 2. The first-order valence-corrected chi connectivity index (χ1v) is 9.46. The normalized spacial score (nSPS) is 16.8. The van der Waals surface area contributed by atoms with E-state index >= 15 is 0 Å². The number of hydrogen-bond donors (Lipinski definition) is 1. The minimum atomic E-state index is -1.28. The Balaban J connectivity index is 1.62. The maximum absolute atomic E-state index is 11.8. The molecule has 0 fully saturated rings. The van der Waals surface area contributed by atoms with Crippen LogP contribution in [0, 0.1) is 0 Å². The van der Waals surface area contributed by atoms with Gasteiger partial charge in [-0.15, -0.1) is 0 Å². The number of aryl methyl sites for hydroxylation is 1. The summed E-state index contributed by atoms with van der Waals surface area (Å²) in [7, 11) is 0. The molecule has 3 heteroatoms. The second kappa shape index (κ2) is 8.15. The van der Waals surface area contributed by atoms with Gasteiger partial charge in [0.2, 0.25) is 0 Å². The molecule has 0 saturated heterocycles. The van der Waals surface area contributed by atoms with Crippen molar-refractivity contribution in [3.63, 3.8) is 0 Å². The molecular formula is C25H22N2O. The molecule has 0 saturated carbocycles. The number of pyridine rings is 2. The second-order valence-corrected chi connectivity index (χ2v) is 6.79. The zero-order chi connectivity index (χ0) is 19.2. The molecule has 0 amide bonds. The molecule has 138 valence electrons. The average molecular weight is 366 g/mol. The van der Waals surface area contributed by atoms with E-state index < -0.39 is 5.60 Å². The predicted molar refractivity (Wildman–Crippen MR) is 112 cm³/mol. The standard InChI is InChI=1S/C25H22N2O/c28-25(21-10-2-1-3-11-21,24-14-5-7-18-27-24)22-16-15-20(19-22)9-8-13-23-12-4-6-17-26-23/h1-7,9-12,14-19,28H,8,13H2/b20-9-. The monoisotopic (exact) mass is 366 g/mol. The van der Waals surface area contributed by atoms with E-state index in [9.17, 15) is 5.11 Å². The average Bonchev–Trinajstić information content (AvgIpc) is 3.25. The van der Waals surface area contributed by atoms with Crippen molar-refractivity contribution in [1.29, 1.82) is 0 Å². The molecule has 0 spiro atoms. The molecule has 1 N–H and O–H groups in total. The lowest BCUT2D eigenvalue weighted by molar-refractivity contribution is 0.120. The first kappa shape index (κ1) is 18.1. The van der Waals surface area contributed by atoms with E-state index in [4.69, 9.17) is 0 Å². The predicted octanol–water partition coefficient (Wildman–Crippen LogP) is 4.77. The summed E-state index contributed by atoms with van der Waals surface area (Å²) in [5.41, 5.74) is 3.14. The van der Waals surface area contributed by atoms with Crippen molar-refractivity contribution in [2.75, 3.05) is 0 Å². The fraction of sp³-hybridized carbons (Fsp3) is 0.120. The number of allylic oxidation sites excluding steroid dienone is 4. The first-order chi connectivity index (χ1) is 13.8.